The van der Waals surface area contributed by atoms with Gasteiger partial charge in [0.25, 0.3) is 0 Å². The van der Waals surface area contributed by atoms with Gasteiger partial charge in [-0.2, -0.15) is 0 Å². The lowest BCUT2D eigenvalue weighted by atomic mass is 10.1. The molecule has 0 aliphatic heterocycles. The number of ether oxygens (including phenoxy) is 4. The number of rotatable bonds is 15. The monoisotopic (exact) mass is 539 g/mol. The van der Waals surface area contributed by atoms with Gasteiger partial charge in [0.2, 0.25) is 0 Å². The molecule has 6 nitrogen and oxygen atoms in total. The molecule has 0 heterocycles. The van der Waals surface area contributed by atoms with Crippen LogP contribution in [-0.4, -0.2) is 48.2 Å². The summed E-state index contributed by atoms with van der Waals surface area (Å²) in [6, 6.07) is 20.3. The number of carbonyl (C=O) groups excluding carboxylic acids is 1. The molecule has 0 N–H and O–H groups in total. The van der Waals surface area contributed by atoms with Gasteiger partial charge in [-0.15, -0.1) is 0 Å². The van der Waals surface area contributed by atoms with Crippen LogP contribution in [0.3, 0.4) is 0 Å². The number of carbonyl (C=O) groups is 1. The highest BCUT2D eigenvalue weighted by Gasteiger charge is 2.55. The Morgan fingerprint density at radius 1 is 0.872 bits per heavy atom. The van der Waals surface area contributed by atoms with Crippen LogP contribution in [0.5, 0.6) is 0 Å². The van der Waals surface area contributed by atoms with Crippen LogP contribution in [0.4, 0.5) is 4.79 Å². The van der Waals surface area contributed by atoms with Gasteiger partial charge in [-0.05, 0) is 38.3 Å². The van der Waals surface area contributed by atoms with Gasteiger partial charge in [0, 0.05) is 26.5 Å². The molecule has 2 aromatic rings. The highest BCUT2D eigenvalue weighted by molar-refractivity contribution is 5.69. The maximum atomic E-state index is 13.4. The Labute approximate surface area is 236 Å². The topological polar surface area (TPSA) is 57.2 Å². The molecule has 0 spiro atoms. The van der Waals surface area contributed by atoms with Crippen molar-refractivity contribution in [1.82, 2.24) is 4.90 Å². The number of nitrogens with zero attached hydrogens (tertiary/aromatic N) is 1. The van der Waals surface area contributed by atoms with E-state index in [9.17, 15) is 4.79 Å². The van der Waals surface area contributed by atoms with E-state index in [1.54, 1.807) is 11.9 Å². The smallest absolute Gasteiger partial charge is 0.412 e. The van der Waals surface area contributed by atoms with E-state index in [4.69, 9.17) is 18.9 Å². The number of unbranched alkanes of at least 4 members (excludes halogenated alkanes) is 5. The molecule has 3 rings (SSSR count). The Morgan fingerprint density at radius 3 is 2.03 bits per heavy atom. The number of benzene rings is 2. The van der Waals surface area contributed by atoms with Crippen LogP contribution in [0, 0.1) is 0 Å². The quantitative estimate of drug-likeness (QED) is 0.170. The normalized spacial score (nSPS) is 21.2. The maximum absolute atomic E-state index is 13.4. The Kier molecular flexibility index (Phi) is 12.3. The van der Waals surface area contributed by atoms with Crippen molar-refractivity contribution in [3.63, 3.8) is 0 Å². The fraction of sp³-hybridized carbons (Fsp3) is 0.606. The van der Waals surface area contributed by atoms with E-state index in [0.717, 1.165) is 24.0 Å². The second-order valence-electron chi connectivity index (χ2n) is 11.6. The van der Waals surface area contributed by atoms with Crippen molar-refractivity contribution in [2.24, 2.45) is 0 Å². The van der Waals surface area contributed by atoms with Crippen molar-refractivity contribution >= 4 is 6.09 Å². The molecule has 0 aromatic heterocycles. The molecule has 1 amide bonds. The first-order valence-electron chi connectivity index (χ1n) is 14.7. The van der Waals surface area contributed by atoms with Crippen LogP contribution in [0.25, 0.3) is 0 Å². The highest BCUT2D eigenvalue weighted by atomic mass is 16.6. The van der Waals surface area contributed by atoms with Crippen LogP contribution in [0.15, 0.2) is 60.7 Å². The lowest BCUT2D eigenvalue weighted by Crippen LogP contribution is -2.58. The predicted octanol–water partition coefficient (Wildman–Crippen LogP) is 7.89. The van der Waals surface area contributed by atoms with Gasteiger partial charge in [0.05, 0.1) is 19.3 Å². The second kappa shape index (κ2) is 15.4. The summed E-state index contributed by atoms with van der Waals surface area (Å²) in [6.07, 6.45) is 7.23. The summed E-state index contributed by atoms with van der Waals surface area (Å²) in [4.78, 5) is 15.0. The fourth-order valence-corrected chi connectivity index (χ4v) is 5.07. The van der Waals surface area contributed by atoms with Crippen molar-refractivity contribution in [3.05, 3.63) is 71.8 Å². The summed E-state index contributed by atoms with van der Waals surface area (Å²) in [6.45, 7) is 9.36. The molecule has 1 fully saturated rings. The molecule has 0 radical (unpaired) electrons. The Bertz CT molecular complexity index is 961. The van der Waals surface area contributed by atoms with Crippen molar-refractivity contribution in [2.45, 2.75) is 116 Å². The van der Waals surface area contributed by atoms with Gasteiger partial charge in [-0.1, -0.05) is 99.7 Å². The first-order chi connectivity index (χ1) is 18.7. The fourth-order valence-electron chi connectivity index (χ4n) is 5.07. The first kappa shape index (κ1) is 31.1. The van der Waals surface area contributed by atoms with Gasteiger partial charge in [0.15, 0.2) is 5.72 Å². The van der Waals surface area contributed by atoms with Crippen LogP contribution in [0.2, 0.25) is 0 Å². The Hall–Kier alpha value is -2.41. The number of hydrogen-bond acceptors (Lipinski definition) is 5. The highest BCUT2D eigenvalue weighted by Crippen LogP contribution is 2.41. The molecule has 2 aromatic carbocycles. The average Bonchev–Trinajstić information content (AvgIpc) is 3.28. The van der Waals surface area contributed by atoms with Crippen molar-refractivity contribution in [2.75, 3.05) is 13.7 Å². The van der Waals surface area contributed by atoms with Gasteiger partial charge in [0.1, 0.15) is 11.7 Å². The van der Waals surface area contributed by atoms with Crippen LogP contribution in [-0.2, 0) is 32.2 Å². The first-order valence-corrected chi connectivity index (χ1v) is 14.7. The minimum atomic E-state index is -0.984. The third-order valence-corrected chi connectivity index (χ3v) is 7.21. The zero-order valence-electron chi connectivity index (χ0n) is 24.7. The zero-order chi connectivity index (χ0) is 28.1. The third-order valence-electron chi connectivity index (χ3n) is 7.21. The molecular formula is C33H49NO5. The number of hydrogen-bond donors (Lipinski definition) is 0. The van der Waals surface area contributed by atoms with E-state index < -0.39 is 17.4 Å². The molecular weight excluding hydrogens is 490 g/mol. The zero-order valence-corrected chi connectivity index (χ0v) is 24.7. The van der Waals surface area contributed by atoms with Gasteiger partial charge < -0.3 is 18.9 Å². The van der Waals surface area contributed by atoms with E-state index in [1.165, 1.54) is 25.7 Å². The maximum Gasteiger partial charge on any atom is 0.412 e. The Balaban J connectivity index is 1.79. The molecule has 0 saturated heterocycles. The van der Waals surface area contributed by atoms with Crippen molar-refractivity contribution in [3.8, 4) is 0 Å². The van der Waals surface area contributed by atoms with Crippen molar-refractivity contribution < 1.29 is 23.7 Å². The van der Waals surface area contributed by atoms with Gasteiger partial charge in [-0.25, -0.2) is 4.79 Å². The molecule has 216 valence electrons. The number of amides is 1. The van der Waals surface area contributed by atoms with Gasteiger partial charge in [-0.3, -0.25) is 4.90 Å². The summed E-state index contributed by atoms with van der Waals surface area (Å²) in [5.41, 5.74) is 0.594. The van der Waals surface area contributed by atoms with E-state index in [1.807, 2.05) is 57.2 Å². The van der Waals surface area contributed by atoms with E-state index in [-0.39, 0.29) is 12.2 Å². The molecule has 0 bridgehead atoms. The van der Waals surface area contributed by atoms with E-state index in [0.29, 0.717) is 32.7 Å². The van der Waals surface area contributed by atoms with Crippen LogP contribution in [0.1, 0.15) is 90.2 Å². The van der Waals surface area contributed by atoms with E-state index in [2.05, 4.69) is 31.2 Å². The molecule has 1 aliphatic rings. The summed E-state index contributed by atoms with van der Waals surface area (Å²) in [5, 5.41) is 0. The molecule has 6 heteroatoms. The SMILES string of the molecule is CCCCCCCCO[C@@]1(N(C)C(=O)OC(C)(C)C)C[C@@H](OCc2ccccc2)C[C@H]1OCc1ccccc1. The van der Waals surface area contributed by atoms with Crippen molar-refractivity contribution in [1.29, 1.82) is 0 Å². The summed E-state index contributed by atoms with van der Waals surface area (Å²) in [5.74, 6) is 0. The standard InChI is InChI=1S/C33H49NO5/c1-6-7-8-9-10-17-22-38-33(34(5)31(35)39-32(2,3)4)24-29(36-25-27-18-13-11-14-19-27)23-30(33)37-26-28-20-15-12-16-21-28/h11-16,18-21,29-30H,6-10,17,22-26H2,1-5H3/t29-,30+,33-/m0/s1. The molecule has 1 aliphatic carbocycles. The van der Waals surface area contributed by atoms with Gasteiger partial charge >= 0.3 is 6.09 Å². The molecule has 39 heavy (non-hydrogen) atoms. The second-order valence-corrected chi connectivity index (χ2v) is 11.6. The molecule has 3 atom stereocenters. The third kappa shape index (κ3) is 9.93. The predicted molar refractivity (Wildman–Crippen MR) is 155 cm³/mol. The largest absolute Gasteiger partial charge is 0.444 e. The minimum absolute atomic E-state index is 0.125. The molecule has 1 saturated carbocycles. The lowest BCUT2D eigenvalue weighted by molar-refractivity contribution is -0.203. The van der Waals surface area contributed by atoms with Crippen LogP contribution < -0.4 is 0 Å². The summed E-state index contributed by atoms with van der Waals surface area (Å²) in [7, 11) is 1.77. The van der Waals surface area contributed by atoms with E-state index >= 15 is 0 Å². The summed E-state index contributed by atoms with van der Waals surface area (Å²) < 4.78 is 25.4. The lowest BCUT2D eigenvalue weighted by Gasteiger charge is -2.42. The number of likely N-dealkylation sites (N-methyl/N-ethyl adjacent to an activating group) is 1. The van der Waals surface area contributed by atoms with Crippen LogP contribution >= 0.6 is 0 Å². The summed E-state index contributed by atoms with van der Waals surface area (Å²) >= 11 is 0. The molecule has 0 unspecified atom stereocenters. The Morgan fingerprint density at radius 2 is 1.44 bits per heavy atom. The minimum Gasteiger partial charge on any atom is -0.444 e. The average molecular weight is 540 g/mol.